The number of nitrogen functional groups attached to an aromatic ring is 2. The van der Waals surface area contributed by atoms with Gasteiger partial charge in [0, 0.05) is 37.3 Å². The number of aromatic nitrogens is 4. The maximum atomic E-state index is 6.07. The number of nitrogens with two attached hydrogens (primary N) is 2. The van der Waals surface area contributed by atoms with Gasteiger partial charge in [-0.05, 0) is 30.2 Å². The predicted molar refractivity (Wildman–Crippen MR) is 117 cm³/mol. The largest absolute Gasteiger partial charge is 0.493 e. The molecule has 30 heavy (non-hydrogen) atoms. The summed E-state index contributed by atoms with van der Waals surface area (Å²) in [5.74, 6) is 1.72. The number of hydrogen-bond donors (Lipinski definition) is 3. The zero-order valence-corrected chi connectivity index (χ0v) is 17.0. The summed E-state index contributed by atoms with van der Waals surface area (Å²) in [6.45, 7) is 2.49. The molecule has 0 amide bonds. The monoisotopic (exact) mass is 405 g/mol. The number of nitrogens with one attached hydrogen (secondary N) is 1. The second-order valence-corrected chi connectivity index (χ2v) is 6.74. The van der Waals surface area contributed by atoms with Crippen LogP contribution in [0, 0.1) is 6.92 Å². The van der Waals surface area contributed by atoms with Crippen LogP contribution in [-0.4, -0.2) is 33.7 Å². The summed E-state index contributed by atoms with van der Waals surface area (Å²) in [7, 11) is 3.23. The van der Waals surface area contributed by atoms with Gasteiger partial charge in [0.05, 0.1) is 31.0 Å². The molecule has 3 aromatic heterocycles. The Morgan fingerprint density at radius 3 is 2.43 bits per heavy atom. The number of methoxy groups -OCH3 is 2. The van der Waals surface area contributed by atoms with Crippen molar-refractivity contribution >= 4 is 28.5 Å². The lowest BCUT2D eigenvalue weighted by atomic mass is 10.1. The van der Waals surface area contributed by atoms with E-state index in [0.717, 1.165) is 22.5 Å². The average Bonchev–Trinajstić information content (AvgIpc) is 3.26. The van der Waals surface area contributed by atoms with E-state index in [4.69, 9.17) is 20.9 Å². The quantitative estimate of drug-likeness (QED) is 0.447. The maximum Gasteiger partial charge on any atom is 0.224 e. The van der Waals surface area contributed by atoms with E-state index < -0.39 is 0 Å². The molecule has 0 radical (unpaired) electrons. The summed E-state index contributed by atoms with van der Waals surface area (Å²) in [4.78, 5) is 12.6. The molecule has 0 saturated heterocycles. The third-order valence-electron chi connectivity index (χ3n) is 4.99. The molecule has 4 aromatic rings. The van der Waals surface area contributed by atoms with Crippen molar-refractivity contribution in [3.63, 3.8) is 0 Å². The standard InChI is InChI=1S/C21H23N7O2/c1-12-13(11-25-20-18(12)19(22)26-21(23)27-20)10-24-14-8-16(29-2)17(30-3)9-15(14)28-6-4-5-7-28/h4-9,11,24H,10H2,1-3H3,(H4,22,23,25,26,27). The summed E-state index contributed by atoms with van der Waals surface area (Å²) in [6.07, 6.45) is 5.71. The lowest BCUT2D eigenvalue weighted by Gasteiger charge is -2.18. The summed E-state index contributed by atoms with van der Waals surface area (Å²) >= 11 is 0. The molecule has 5 N–H and O–H groups in total. The molecule has 9 nitrogen and oxygen atoms in total. The zero-order valence-electron chi connectivity index (χ0n) is 17.0. The van der Waals surface area contributed by atoms with Gasteiger partial charge in [0.1, 0.15) is 5.82 Å². The normalized spacial score (nSPS) is 10.9. The number of nitrogens with zero attached hydrogens (tertiary/aromatic N) is 4. The molecule has 0 saturated carbocycles. The van der Waals surface area contributed by atoms with E-state index in [1.54, 1.807) is 20.4 Å². The fourth-order valence-corrected chi connectivity index (χ4v) is 3.42. The fraction of sp³-hybridized carbons (Fsp3) is 0.190. The van der Waals surface area contributed by atoms with Gasteiger partial charge in [0.25, 0.3) is 0 Å². The van der Waals surface area contributed by atoms with Gasteiger partial charge in [-0.25, -0.2) is 4.98 Å². The van der Waals surface area contributed by atoms with Crippen molar-refractivity contribution in [3.05, 3.63) is 54.0 Å². The molecule has 0 unspecified atom stereocenters. The van der Waals surface area contributed by atoms with Gasteiger partial charge < -0.3 is 30.8 Å². The minimum atomic E-state index is 0.111. The number of hydrogen-bond acceptors (Lipinski definition) is 8. The minimum Gasteiger partial charge on any atom is -0.493 e. The van der Waals surface area contributed by atoms with E-state index in [1.165, 1.54) is 0 Å². The number of benzene rings is 1. The maximum absolute atomic E-state index is 6.07. The van der Waals surface area contributed by atoms with Crippen molar-refractivity contribution in [1.29, 1.82) is 0 Å². The average molecular weight is 405 g/mol. The molecule has 0 fully saturated rings. The zero-order chi connectivity index (χ0) is 21.3. The van der Waals surface area contributed by atoms with Gasteiger partial charge in [-0.1, -0.05) is 0 Å². The first-order chi connectivity index (χ1) is 14.5. The van der Waals surface area contributed by atoms with Crippen molar-refractivity contribution in [2.75, 3.05) is 31.0 Å². The molecule has 154 valence electrons. The van der Waals surface area contributed by atoms with Crippen molar-refractivity contribution in [1.82, 2.24) is 19.5 Å². The van der Waals surface area contributed by atoms with Crippen LogP contribution in [0.2, 0.25) is 0 Å². The fourth-order valence-electron chi connectivity index (χ4n) is 3.42. The Kier molecular flexibility index (Phi) is 5.01. The van der Waals surface area contributed by atoms with E-state index in [0.29, 0.717) is 34.9 Å². The van der Waals surface area contributed by atoms with Gasteiger partial charge in [-0.2, -0.15) is 9.97 Å². The van der Waals surface area contributed by atoms with Gasteiger partial charge in [0.15, 0.2) is 17.1 Å². The number of aryl methyl sites for hydroxylation is 1. The number of rotatable bonds is 6. The van der Waals surface area contributed by atoms with Crippen molar-refractivity contribution in [2.45, 2.75) is 13.5 Å². The molecule has 9 heteroatoms. The van der Waals surface area contributed by atoms with Gasteiger partial charge in [-0.3, -0.25) is 0 Å². The van der Waals surface area contributed by atoms with Crippen LogP contribution in [-0.2, 0) is 6.54 Å². The first-order valence-electron chi connectivity index (χ1n) is 9.32. The Hall–Kier alpha value is -4.01. The number of anilines is 3. The van der Waals surface area contributed by atoms with E-state index >= 15 is 0 Å². The second kappa shape index (κ2) is 7.78. The third kappa shape index (κ3) is 3.41. The van der Waals surface area contributed by atoms with Crippen LogP contribution in [0.3, 0.4) is 0 Å². The SMILES string of the molecule is COc1cc(NCc2cnc3nc(N)nc(N)c3c2C)c(-n2cccc2)cc1OC. The third-order valence-corrected chi connectivity index (χ3v) is 4.99. The molecular formula is C21H23N7O2. The highest BCUT2D eigenvalue weighted by Gasteiger charge is 2.15. The van der Waals surface area contributed by atoms with Gasteiger partial charge in [-0.15, -0.1) is 0 Å². The van der Waals surface area contributed by atoms with E-state index in [9.17, 15) is 0 Å². The van der Waals surface area contributed by atoms with Crippen LogP contribution in [0.4, 0.5) is 17.5 Å². The molecular weight excluding hydrogens is 382 g/mol. The lowest BCUT2D eigenvalue weighted by Crippen LogP contribution is -2.08. The summed E-state index contributed by atoms with van der Waals surface area (Å²) < 4.78 is 13.0. The summed E-state index contributed by atoms with van der Waals surface area (Å²) in [5, 5.41) is 4.19. The molecule has 4 rings (SSSR count). The van der Waals surface area contributed by atoms with Gasteiger partial charge >= 0.3 is 0 Å². The lowest BCUT2D eigenvalue weighted by molar-refractivity contribution is 0.355. The highest BCUT2D eigenvalue weighted by molar-refractivity contribution is 5.90. The van der Waals surface area contributed by atoms with Crippen molar-refractivity contribution < 1.29 is 9.47 Å². The van der Waals surface area contributed by atoms with E-state index in [1.807, 2.05) is 48.1 Å². The molecule has 3 heterocycles. The Bertz CT molecular complexity index is 1210. The summed E-state index contributed by atoms with van der Waals surface area (Å²) in [5.41, 5.74) is 16.0. The smallest absolute Gasteiger partial charge is 0.224 e. The van der Waals surface area contributed by atoms with Gasteiger partial charge in [0.2, 0.25) is 5.95 Å². The molecule has 0 aliphatic rings. The second-order valence-electron chi connectivity index (χ2n) is 6.74. The van der Waals surface area contributed by atoms with Crippen LogP contribution in [0.25, 0.3) is 16.7 Å². The number of ether oxygens (including phenoxy) is 2. The first kappa shape index (κ1) is 19.3. The van der Waals surface area contributed by atoms with E-state index in [2.05, 4.69) is 20.3 Å². The highest BCUT2D eigenvalue weighted by Crippen LogP contribution is 2.36. The topological polar surface area (TPSA) is 126 Å². The molecule has 0 aliphatic carbocycles. The highest BCUT2D eigenvalue weighted by atomic mass is 16.5. The predicted octanol–water partition coefficient (Wildman–Crippen LogP) is 2.92. The minimum absolute atomic E-state index is 0.111. The van der Waals surface area contributed by atoms with Crippen LogP contribution in [0.5, 0.6) is 11.5 Å². The van der Waals surface area contributed by atoms with Crippen LogP contribution >= 0.6 is 0 Å². The molecule has 0 spiro atoms. The van der Waals surface area contributed by atoms with Crippen molar-refractivity contribution in [3.8, 4) is 17.2 Å². The van der Waals surface area contributed by atoms with Crippen molar-refractivity contribution in [2.24, 2.45) is 0 Å². The van der Waals surface area contributed by atoms with Crippen LogP contribution in [0.1, 0.15) is 11.1 Å². The Morgan fingerprint density at radius 1 is 1.03 bits per heavy atom. The Labute approximate surface area is 173 Å². The summed E-state index contributed by atoms with van der Waals surface area (Å²) in [6, 6.07) is 7.77. The molecule has 0 aliphatic heterocycles. The molecule has 0 atom stereocenters. The van der Waals surface area contributed by atoms with Crippen LogP contribution < -0.4 is 26.3 Å². The number of fused-ring (bicyclic) bond motifs is 1. The molecule has 0 bridgehead atoms. The molecule has 1 aromatic carbocycles. The number of pyridine rings is 1. The van der Waals surface area contributed by atoms with E-state index in [-0.39, 0.29) is 5.95 Å². The van der Waals surface area contributed by atoms with Crippen LogP contribution in [0.15, 0.2) is 42.9 Å². The Balaban J connectivity index is 1.72. The first-order valence-corrected chi connectivity index (χ1v) is 9.32. The Morgan fingerprint density at radius 2 is 1.73 bits per heavy atom.